The van der Waals surface area contributed by atoms with Crippen molar-refractivity contribution in [2.75, 3.05) is 32.8 Å². The molecule has 134 valence electrons. The fourth-order valence-corrected chi connectivity index (χ4v) is 3.68. The molecular weight excluding hydrogens is 340 g/mol. The maximum atomic E-state index is 12.5. The number of nitrogens with one attached hydrogen (secondary N) is 2. The molecule has 2 N–H and O–H groups in total. The highest BCUT2D eigenvalue weighted by Gasteiger charge is 2.19. The molecule has 0 bridgehead atoms. The molecule has 0 amide bonds. The minimum Gasteiger partial charge on any atom is -0.457 e. The first-order valence-corrected chi connectivity index (χ1v) is 9.73. The summed E-state index contributed by atoms with van der Waals surface area (Å²) < 4.78 is 38.9. The third kappa shape index (κ3) is 5.27. The monoisotopic (exact) mass is 362 g/mol. The minimum atomic E-state index is -3.60. The van der Waals surface area contributed by atoms with Gasteiger partial charge in [0, 0.05) is 31.6 Å². The zero-order valence-corrected chi connectivity index (χ0v) is 14.7. The molecular formula is C18H22N2O4S. The van der Waals surface area contributed by atoms with Crippen LogP contribution < -0.4 is 14.8 Å². The van der Waals surface area contributed by atoms with Crippen molar-refractivity contribution in [3.05, 3.63) is 54.6 Å². The van der Waals surface area contributed by atoms with Crippen LogP contribution >= 0.6 is 0 Å². The van der Waals surface area contributed by atoms with Gasteiger partial charge in [0.2, 0.25) is 10.0 Å². The molecule has 6 nitrogen and oxygen atoms in total. The fraction of sp³-hybridized carbons (Fsp3) is 0.333. The molecule has 2 aromatic carbocycles. The molecule has 25 heavy (non-hydrogen) atoms. The van der Waals surface area contributed by atoms with Crippen LogP contribution in [0.25, 0.3) is 0 Å². The van der Waals surface area contributed by atoms with Crippen molar-refractivity contribution >= 4 is 10.0 Å². The van der Waals surface area contributed by atoms with Gasteiger partial charge >= 0.3 is 0 Å². The molecule has 1 atom stereocenters. The molecule has 1 aliphatic rings. The van der Waals surface area contributed by atoms with E-state index in [4.69, 9.17) is 9.47 Å². The molecule has 1 aliphatic heterocycles. The van der Waals surface area contributed by atoms with Gasteiger partial charge in [0.1, 0.15) is 11.5 Å². The Kier molecular flexibility index (Phi) is 6.04. The SMILES string of the molecule is O=S(=O)(NC[C@@H]1CNCCOC1)c1cccc(Oc2ccccc2)c1. The van der Waals surface area contributed by atoms with E-state index in [9.17, 15) is 8.42 Å². The van der Waals surface area contributed by atoms with Crippen molar-refractivity contribution in [2.24, 2.45) is 5.92 Å². The van der Waals surface area contributed by atoms with Gasteiger partial charge in [0.05, 0.1) is 18.1 Å². The van der Waals surface area contributed by atoms with E-state index >= 15 is 0 Å². The van der Waals surface area contributed by atoms with Crippen LogP contribution in [0.15, 0.2) is 59.5 Å². The molecule has 7 heteroatoms. The van der Waals surface area contributed by atoms with Crippen LogP contribution in [0, 0.1) is 5.92 Å². The second-order valence-corrected chi connectivity index (χ2v) is 7.65. The van der Waals surface area contributed by atoms with E-state index < -0.39 is 10.0 Å². The van der Waals surface area contributed by atoms with Crippen LogP contribution in [0.1, 0.15) is 0 Å². The average molecular weight is 362 g/mol. The zero-order valence-electron chi connectivity index (χ0n) is 13.9. The molecule has 1 heterocycles. The molecule has 0 saturated carbocycles. The van der Waals surface area contributed by atoms with Crippen LogP contribution in [-0.2, 0) is 14.8 Å². The Morgan fingerprint density at radius 1 is 1.12 bits per heavy atom. The maximum Gasteiger partial charge on any atom is 0.240 e. The summed E-state index contributed by atoms with van der Waals surface area (Å²) in [5.74, 6) is 1.25. The van der Waals surface area contributed by atoms with Gasteiger partial charge in [-0.3, -0.25) is 0 Å². The molecule has 0 unspecified atom stereocenters. The molecule has 0 aromatic heterocycles. The lowest BCUT2D eigenvalue weighted by molar-refractivity contribution is 0.124. The van der Waals surface area contributed by atoms with Gasteiger partial charge in [0.15, 0.2) is 0 Å². The summed E-state index contributed by atoms with van der Waals surface area (Å²) in [6.45, 7) is 3.07. The van der Waals surface area contributed by atoms with E-state index in [1.165, 1.54) is 6.07 Å². The van der Waals surface area contributed by atoms with Crippen LogP contribution in [0.5, 0.6) is 11.5 Å². The van der Waals surface area contributed by atoms with E-state index in [1.807, 2.05) is 30.3 Å². The highest BCUT2D eigenvalue weighted by molar-refractivity contribution is 7.89. The third-order valence-electron chi connectivity index (χ3n) is 3.87. The van der Waals surface area contributed by atoms with Crippen molar-refractivity contribution in [2.45, 2.75) is 4.90 Å². The first-order chi connectivity index (χ1) is 12.1. The van der Waals surface area contributed by atoms with Gasteiger partial charge in [-0.2, -0.15) is 0 Å². The van der Waals surface area contributed by atoms with E-state index in [1.54, 1.807) is 18.2 Å². The number of para-hydroxylation sites is 1. The molecule has 1 saturated heterocycles. The standard InChI is InChI=1S/C18H22N2O4S/c21-25(22,20-13-15-12-19-9-10-23-14-15)18-8-4-7-17(11-18)24-16-5-2-1-3-6-16/h1-8,11,15,19-20H,9-10,12-14H2/t15-/m0/s1. The number of benzene rings is 2. The van der Waals surface area contributed by atoms with Crippen LogP contribution in [0.4, 0.5) is 0 Å². The van der Waals surface area contributed by atoms with E-state index in [0.717, 1.165) is 13.1 Å². The Hall–Kier alpha value is -1.93. The Morgan fingerprint density at radius 3 is 2.76 bits per heavy atom. The van der Waals surface area contributed by atoms with E-state index in [-0.39, 0.29) is 10.8 Å². The first-order valence-electron chi connectivity index (χ1n) is 8.24. The quantitative estimate of drug-likeness (QED) is 0.822. The highest BCUT2D eigenvalue weighted by atomic mass is 32.2. The van der Waals surface area contributed by atoms with Crippen molar-refractivity contribution in [3.8, 4) is 11.5 Å². The lowest BCUT2D eigenvalue weighted by atomic mass is 10.2. The molecule has 0 aliphatic carbocycles. The zero-order chi connectivity index (χ0) is 17.5. The Bertz CT molecular complexity index is 773. The summed E-state index contributed by atoms with van der Waals surface area (Å²) in [6.07, 6.45) is 0. The van der Waals surface area contributed by atoms with Gasteiger partial charge in [-0.05, 0) is 24.3 Å². The summed E-state index contributed by atoms with van der Waals surface area (Å²) >= 11 is 0. The molecule has 0 radical (unpaired) electrons. The van der Waals surface area contributed by atoms with E-state index in [2.05, 4.69) is 10.0 Å². The van der Waals surface area contributed by atoms with Crippen molar-refractivity contribution in [1.29, 1.82) is 0 Å². The second-order valence-electron chi connectivity index (χ2n) is 5.89. The smallest absolute Gasteiger partial charge is 0.240 e. The van der Waals surface area contributed by atoms with Crippen molar-refractivity contribution in [3.63, 3.8) is 0 Å². The predicted molar refractivity (Wildman–Crippen MR) is 95.3 cm³/mol. The van der Waals surface area contributed by atoms with Crippen LogP contribution in [-0.4, -0.2) is 41.3 Å². The number of rotatable bonds is 6. The predicted octanol–water partition coefficient (Wildman–Crippen LogP) is 1.99. The van der Waals surface area contributed by atoms with Gasteiger partial charge in [-0.1, -0.05) is 24.3 Å². The average Bonchev–Trinajstić information content (AvgIpc) is 2.90. The summed E-state index contributed by atoms with van der Waals surface area (Å²) in [7, 11) is -3.60. The molecule has 1 fully saturated rings. The molecule has 2 aromatic rings. The van der Waals surface area contributed by atoms with Gasteiger partial charge in [-0.15, -0.1) is 0 Å². The van der Waals surface area contributed by atoms with Gasteiger partial charge in [-0.25, -0.2) is 13.1 Å². The summed E-state index contributed by atoms with van der Waals surface area (Å²) in [5.41, 5.74) is 0. The number of sulfonamides is 1. The fourth-order valence-electron chi connectivity index (χ4n) is 2.53. The first kappa shape index (κ1) is 17.9. The van der Waals surface area contributed by atoms with Crippen LogP contribution in [0.3, 0.4) is 0 Å². The minimum absolute atomic E-state index is 0.112. The largest absolute Gasteiger partial charge is 0.457 e. The van der Waals surface area contributed by atoms with Gasteiger partial charge in [0.25, 0.3) is 0 Å². The number of hydrogen-bond donors (Lipinski definition) is 2. The highest BCUT2D eigenvalue weighted by Crippen LogP contribution is 2.23. The summed E-state index contributed by atoms with van der Waals surface area (Å²) in [4.78, 5) is 0.184. The third-order valence-corrected chi connectivity index (χ3v) is 5.29. The maximum absolute atomic E-state index is 12.5. The van der Waals surface area contributed by atoms with Crippen molar-refractivity contribution < 1.29 is 17.9 Å². The molecule has 0 spiro atoms. The summed E-state index contributed by atoms with van der Waals surface area (Å²) in [6, 6.07) is 15.7. The second kappa shape index (κ2) is 8.44. The lowest BCUT2D eigenvalue weighted by Crippen LogP contribution is -2.35. The van der Waals surface area contributed by atoms with E-state index in [0.29, 0.717) is 31.3 Å². The topological polar surface area (TPSA) is 76.7 Å². The molecule has 3 rings (SSSR count). The number of ether oxygens (including phenoxy) is 2. The Labute approximate surface area is 148 Å². The van der Waals surface area contributed by atoms with Gasteiger partial charge < -0.3 is 14.8 Å². The summed E-state index contributed by atoms with van der Waals surface area (Å²) in [5, 5.41) is 3.23. The Balaban J connectivity index is 1.66. The number of hydrogen-bond acceptors (Lipinski definition) is 5. The lowest BCUT2D eigenvalue weighted by Gasteiger charge is -2.15. The van der Waals surface area contributed by atoms with Crippen molar-refractivity contribution in [1.82, 2.24) is 10.0 Å². The normalized spacial score (nSPS) is 18.5. The Morgan fingerprint density at radius 2 is 1.92 bits per heavy atom. The van der Waals surface area contributed by atoms with Crippen LogP contribution in [0.2, 0.25) is 0 Å².